The van der Waals surface area contributed by atoms with Gasteiger partial charge in [0.25, 0.3) is 5.56 Å². The number of nitrogens with one attached hydrogen (secondary N) is 1. The third-order valence-corrected chi connectivity index (χ3v) is 4.87. The monoisotopic (exact) mass is 414 g/mol. The topological polar surface area (TPSA) is 60.3 Å². The van der Waals surface area contributed by atoms with Gasteiger partial charge in [0.15, 0.2) is 11.6 Å². The molecule has 3 aromatic carbocycles. The average molecular weight is 414 g/mol. The Morgan fingerprint density at radius 1 is 1.00 bits per heavy atom. The maximum absolute atomic E-state index is 14.2. The molecule has 1 amide bonds. The summed E-state index contributed by atoms with van der Waals surface area (Å²) in [6.45, 7) is 3.47. The lowest BCUT2D eigenvalue weighted by Crippen LogP contribution is -2.16. The molecule has 1 N–H and O–H groups in total. The van der Waals surface area contributed by atoms with Gasteiger partial charge in [-0.3, -0.25) is 9.59 Å². The van der Waals surface area contributed by atoms with Crippen molar-refractivity contribution in [3.8, 4) is 22.6 Å². The maximum Gasteiger partial charge on any atom is 0.258 e. The van der Waals surface area contributed by atoms with Crippen LogP contribution in [0.4, 0.5) is 10.1 Å². The van der Waals surface area contributed by atoms with Gasteiger partial charge in [-0.25, -0.2) is 4.39 Å². The predicted octanol–water partition coefficient (Wildman–Crippen LogP) is 5.26. The Morgan fingerprint density at radius 2 is 1.71 bits per heavy atom. The van der Waals surface area contributed by atoms with Crippen molar-refractivity contribution in [2.45, 2.75) is 0 Å². The summed E-state index contributed by atoms with van der Waals surface area (Å²) in [4.78, 5) is 24.4. The molecule has 4 aromatic rings. The molecule has 0 saturated carbocycles. The molecule has 0 aliphatic carbocycles. The number of ether oxygens (including phenoxy) is 1. The molecule has 0 fully saturated rings. The number of pyridine rings is 1. The van der Waals surface area contributed by atoms with Crippen LogP contribution in [0.5, 0.6) is 11.5 Å². The highest BCUT2D eigenvalue weighted by Crippen LogP contribution is 2.38. The van der Waals surface area contributed by atoms with Crippen molar-refractivity contribution in [3.05, 3.63) is 102 Å². The third-order valence-electron chi connectivity index (χ3n) is 4.87. The van der Waals surface area contributed by atoms with E-state index in [1.54, 1.807) is 55.7 Å². The molecule has 0 aliphatic heterocycles. The highest BCUT2D eigenvalue weighted by molar-refractivity contribution is 6.01. The number of fused-ring (bicyclic) bond motifs is 1. The minimum Gasteiger partial charge on any atom is -0.454 e. The zero-order chi connectivity index (χ0) is 22.0. The number of nitrogens with zero attached hydrogens (tertiary/aromatic N) is 1. The zero-order valence-electron chi connectivity index (χ0n) is 16.8. The smallest absolute Gasteiger partial charge is 0.258 e. The molecule has 5 nitrogen and oxygen atoms in total. The molecule has 0 spiro atoms. The van der Waals surface area contributed by atoms with E-state index < -0.39 is 5.82 Å². The van der Waals surface area contributed by atoms with E-state index in [2.05, 4.69) is 11.9 Å². The lowest BCUT2D eigenvalue weighted by Gasteiger charge is -2.16. The number of carbonyl (C=O) groups is 1. The van der Waals surface area contributed by atoms with Gasteiger partial charge < -0.3 is 14.6 Å². The molecule has 0 saturated heterocycles. The van der Waals surface area contributed by atoms with Crippen LogP contribution in [0.3, 0.4) is 0 Å². The maximum atomic E-state index is 14.2. The number of hydrogen-bond donors (Lipinski definition) is 1. The van der Waals surface area contributed by atoms with E-state index >= 15 is 0 Å². The number of benzene rings is 3. The van der Waals surface area contributed by atoms with E-state index in [1.165, 1.54) is 22.8 Å². The van der Waals surface area contributed by atoms with Crippen LogP contribution in [0.2, 0.25) is 0 Å². The second-order valence-corrected chi connectivity index (χ2v) is 6.94. The molecule has 1 heterocycles. The molecule has 0 unspecified atom stereocenters. The molecule has 31 heavy (non-hydrogen) atoms. The van der Waals surface area contributed by atoms with E-state index in [0.29, 0.717) is 28.0 Å². The SMILES string of the molecule is C=CC(=O)Nc1ccc(Oc2ccccc2F)c(-c2cn(C)c(=O)c3ccccc23)c1. The number of halogens is 1. The zero-order valence-corrected chi connectivity index (χ0v) is 16.8. The standard InChI is InChI=1S/C25H19FN2O3/c1-3-24(29)27-16-12-13-22(31-23-11-7-6-10-21(23)26)19(14-16)20-15-28(2)25(30)18-9-5-4-8-17(18)20/h3-15H,1H2,2H3,(H,27,29). The van der Waals surface area contributed by atoms with Gasteiger partial charge in [-0.15, -0.1) is 0 Å². The van der Waals surface area contributed by atoms with Crippen LogP contribution in [0, 0.1) is 5.82 Å². The van der Waals surface area contributed by atoms with Gasteiger partial charge in [0.1, 0.15) is 5.75 Å². The van der Waals surface area contributed by atoms with Gasteiger partial charge in [0.2, 0.25) is 5.91 Å². The van der Waals surface area contributed by atoms with Crippen LogP contribution in [0.25, 0.3) is 21.9 Å². The number of anilines is 1. The molecule has 6 heteroatoms. The van der Waals surface area contributed by atoms with Crippen LogP contribution in [-0.2, 0) is 11.8 Å². The summed E-state index contributed by atoms with van der Waals surface area (Å²) >= 11 is 0. The Morgan fingerprint density at radius 3 is 2.45 bits per heavy atom. The molecule has 1 aromatic heterocycles. The van der Waals surface area contributed by atoms with Crippen LogP contribution in [0.15, 0.2) is 90.4 Å². The first-order chi connectivity index (χ1) is 15.0. The number of aryl methyl sites for hydroxylation is 1. The first kappa shape index (κ1) is 20.1. The number of aromatic nitrogens is 1. The quantitative estimate of drug-likeness (QED) is 0.453. The summed E-state index contributed by atoms with van der Waals surface area (Å²) in [5.74, 6) is -0.409. The minimum absolute atomic E-state index is 0.0701. The number of carbonyl (C=O) groups excluding carboxylic acids is 1. The van der Waals surface area contributed by atoms with Gasteiger partial charge >= 0.3 is 0 Å². The fraction of sp³-hybridized carbons (Fsp3) is 0.0400. The fourth-order valence-corrected chi connectivity index (χ4v) is 3.38. The van der Waals surface area contributed by atoms with E-state index in [4.69, 9.17) is 4.74 Å². The first-order valence-electron chi connectivity index (χ1n) is 9.56. The van der Waals surface area contributed by atoms with Crippen molar-refractivity contribution < 1.29 is 13.9 Å². The Hall–Kier alpha value is -4.19. The van der Waals surface area contributed by atoms with Crippen molar-refractivity contribution in [1.82, 2.24) is 4.57 Å². The molecule has 4 rings (SSSR count). The van der Waals surface area contributed by atoms with E-state index in [9.17, 15) is 14.0 Å². The average Bonchev–Trinajstić information content (AvgIpc) is 2.78. The molecule has 154 valence electrons. The molecule has 0 radical (unpaired) electrons. The van der Waals surface area contributed by atoms with Crippen molar-refractivity contribution in [3.63, 3.8) is 0 Å². The van der Waals surface area contributed by atoms with Gasteiger partial charge in [-0.2, -0.15) is 0 Å². The lowest BCUT2D eigenvalue weighted by molar-refractivity contribution is -0.111. The molecule has 0 bridgehead atoms. The Kier molecular flexibility index (Phi) is 5.37. The molecular formula is C25H19FN2O3. The lowest BCUT2D eigenvalue weighted by atomic mass is 9.99. The van der Waals surface area contributed by atoms with Crippen molar-refractivity contribution in [1.29, 1.82) is 0 Å². The normalized spacial score (nSPS) is 10.6. The van der Waals surface area contributed by atoms with Crippen LogP contribution in [0.1, 0.15) is 0 Å². The summed E-state index contributed by atoms with van der Waals surface area (Å²) < 4.78 is 21.6. The summed E-state index contributed by atoms with van der Waals surface area (Å²) in [6.07, 6.45) is 2.87. The highest BCUT2D eigenvalue weighted by Gasteiger charge is 2.16. The second kappa shape index (κ2) is 8.28. The van der Waals surface area contributed by atoms with Crippen molar-refractivity contribution >= 4 is 22.4 Å². The Balaban J connectivity index is 1.95. The number of hydrogen-bond acceptors (Lipinski definition) is 3. The molecule has 0 atom stereocenters. The van der Waals surface area contributed by atoms with Gasteiger partial charge in [-0.05, 0) is 47.9 Å². The van der Waals surface area contributed by atoms with E-state index in [1.807, 2.05) is 12.1 Å². The summed E-state index contributed by atoms with van der Waals surface area (Å²) in [5, 5.41) is 3.98. The van der Waals surface area contributed by atoms with Crippen molar-refractivity contribution in [2.24, 2.45) is 7.05 Å². The van der Waals surface area contributed by atoms with Crippen LogP contribution < -0.4 is 15.6 Å². The highest BCUT2D eigenvalue weighted by atomic mass is 19.1. The second-order valence-electron chi connectivity index (χ2n) is 6.94. The predicted molar refractivity (Wildman–Crippen MR) is 120 cm³/mol. The first-order valence-corrected chi connectivity index (χ1v) is 9.56. The van der Waals surface area contributed by atoms with Crippen LogP contribution >= 0.6 is 0 Å². The Bertz CT molecular complexity index is 1380. The van der Waals surface area contributed by atoms with Crippen molar-refractivity contribution in [2.75, 3.05) is 5.32 Å². The largest absolute Gasteiger partial charge is 0.454 e. The van der Waals surface area contributed by atoms with E-state index in [-0.39, 0.29) is 17.2 Å². The van der Waals surface area contributed by atoms with Gasteiger partial charge in [-0.1, -0.05) is 36.9 Å². The third kappa shape index (κ3) is 3.96. The fourth-order valence-electron chi connectivity index (χ4n) is 3.38. The Labute approximate surface area is 178 Å². The molecular weight excluding hydrogens is 395 g/mol. The summed E-state index contributed by atoms with van der Waals surface area (Å²) in [6, 6.07) is 18.4. The van der Waals surface area contributed by atoms with Gasteiger partial charge in [0.05, 0.1) is 0 Å². The number of para-hydroxylation sites is 1. The molecule has 0 aliphatic rings. The minimum atomic E-state index is -0.497. The van der Waals surface area contributed by atoms with Crippen LogP contribution in [-0.4, -0.2) is 10.5 Å². The van der Waals surface area contributed by atoms with E-state index in [0.717, 1.165) is 5.39 Å². The van der Waals surface area contributed by atoms with Gasteiger partial charge in [0, 0.05) is 35.4 Å². The number of amides is 1. The summed E-state index contributed by atoms with van der Waals surface area (Å²) in [5.41, 5.74) is 1.68. The number of rotatable bonds is 5. The summed E-state index contributed by atoms with van der Waals surface area (Å²) in [7, 11) is 1.67.